The second-order valence-corrected chi connectivity index (χ2v) is 8.27. The number of aromatic nitrogens is 1. The number of nitrogens with zero attached hydrogens (tertiary/aromatic N) is 3. The molecule has 2 aromatic heterocycles. The monoisotopic (exact) mass is 467 g/mol. The van der Waals surface area contributed by atoms with E-state index in [0.29, 0.717) is 26.6 Å². The van der Waals surface area contributed by atoms with Gasteiger partial charge in [0.2, 0.25) is 0 Å². The first kappa shape index (κ1) is 19.5. The molecule has 9 heteroatoms. The van der Waals surface area contributed by atoms with Gasteiger partial charge in [0.05, 0.1) is 23.4 Å². The van der Waals surface area contributed by atoms with E-state index in [2.05, 4.69) is 25.8 Å². The summed E-state index contributed by atoms with van der Waals surface area (Å²) in [6.07, 6.45) is 0.790. The lowest BCUT2D eigenvalue weighted by Gasteiger charge is -2.27. The molecular formula is C19H19BrFN3O3S. The number of benzene rings is 1. The third-order valence-corrected chi connectivity index (χ3v) is 6.03. The third-order valence-electron chi connectivity index (χ3n) is 4.56. The van der Waals surface area contributed by atoms with E-state index in [1.165, 1.54) is 23.5 Å². The Hall–Kier alpha value is -1.81. The van der Waals surface area contributed by atoms with Crippen LogP contribution in [0.3, 0.4) is 0 Å². The minimum absolute atomic E-state index is 0.240. The molecular weight excluding hydrogens is 449 g/mol. The van der Waals surface area contributed by atoms with E-state index >= 15 is 0 Å². The highest BCUT2D eigenvalue weighted by molar-refractivity contribution is 9.10. The molecule has 0 saturated carbocycles. The zero-order valence-corrected chi connectivity index (χ0v) is 17.5. The molecule has 0 unspecified atom stereocenters. The van der Waals surface area contributed by atoms with Crippen LogP contribution in [0.5, 0.6) is 0 Å². The van der Waals surface area contributed by atoms with E-state index < -0.39 is 0 Å². The molecule has 0 N–H and O–H groups in total. The summed E-state index contributed by atoms with van der Waals surface area (Å²) in [5, 5.41) is 0.542. The van der Waals surface area contributed by atoms with E-state index in [-0.39, 0.29) is 17.5 Å². The lowest BCUT2D eigenvalue weighted by Crippen LogP contribution is -2.39. The van der Waals surface area contributed by atoms with Crippen molar-refractivity contribution in [3.63, 3.8) is 0 Å². The average Bonchev–Trinajstić information content (AvgIpc) is 3.31. The first-order chi connectivity index (χ1) is 13.6. The number of carbonyl (C=O) groups is 1. The summed E-state index contributed by atoms with van der Waals surface area (Å²) in [5.74, 6) is -0.334. The van der Waals surface area contributed by atoms with Crippen molar-refractivity contribution in [1.82, 2.24) is 9.88 Å². The first-order valence-corrected chi connectivity index (χ1v) is 10.6. The predicted molar refractivity (Wildman–Crippen MR) is 110 cm³/mol. The number of ether oxygens (including phenoxy) is 1. The van der Waals surface area contributed by atoms with Crippen LogP contribution in [0.1, 0.15) is 17.0 Å². The fraction of sp³-hybridized carbons (Fsp3) is 0.368. The summed E-state index contributed by atoms with van der Waals surface area (Å²) < 4.78 is 25.6. The summed E-state index contributed by atoms with van der Waals surface area (Å²) >= 11 is 4.54. The average molecular weight is 468 g/mol. The molecule has 1 aliphatic heterocycles. The Morgan fingerprint density at radius 3 is 2.86 bits per heavy atom. The van der Waals surface area contributed by atoms with Gasteiger partial charge in [-0.1, -0.05) is 11.3 Å². The van der Waals surface area contributed by atoms with Crippen LogP contribution in [-0.4, -0.2) is 55.2 Å². The van der Waals surface area contributed by atoms with Crippen LogP contribution in [0.15, 0.2) is 39.4 Å². The van der Waals surface area contributed by atoms with Crippen molar-refractivity contribution < 1.29 is 18.3 Å². The lowest BCUT2D eigenvalue weighted by atomic mass is 10.3. The zero-order chi connectivity index (χ0) is 19.5. The molecule has 1 saturated heterocycles. The summed E-state index contributed by atoms with van der Waals surface area (Å²) in [5.41, 5.74) is 0.674. The van der Waals surface area contributed by atoms with Crippen LogP contribution in [-0.2, 0) is 4.74 Å². The summed E-state index contributed by atoms with van der Waals surface area (Å²) in [4.78, 5) is 21.5. The molecule has 0 aliphatic carbocycles. The van der Waals surface area contributed by atoms with Crippen LogP contribution in [0, 0.1) is 5.82 Å². The Bertz CT molecular complexity index is 970. The third kappa shape index (κ3) is 4.43. The predicted octanol–water partition coefficient (Wildman–Crippen LogP) is 4.16. The molecule has 1 fully saturated rings. The number of anilines is 1. The molecule has 0 bridgehead atoms. The summed E-state index contributed by atoms with van der Waals surface area (Å²) in [6, 6.07) is 7.77. The highest BCUT2D eigenvalue weighted by atomic mass is 79.9. The van der Waals surface area contributed by atoms with Crippen molar-refractivity contribution in [2.75, 3.05) is 44.3 Å². The molecule has 0 atom stereocenters. The Kier molecular flexibility index (Phi) is 6.05. The minimum atomic E-state index is -0.317. The van der Waals surface area contributed by atoms with Gasteiger partial charge in [-0.05, 0) is 52.7 Å². The van der Waals surface area contributed by atoms with Crippen molar-refractivity contribution in [3.8, 4) is 0 Å². The first-order valence-electron chi connectivity index (χ1n) is 9.03. The van der Waals surface area contributed by atoms with Gasteiger partial charge < -0.3 is 9.15 Å². The quantitative estimate of drug-likeness (QED) is 0.544. The molecule has 28 heavy (non-hydrogen) atoms. The largest absolute Gasteiger partial charge is 0.444 e. The number of hydrogen-bond acceptors (Lipinski definition) is 6. The fourth-order valence-corrected chi connectivity index (χ4v) is 4.45. The topological polar surface area (TPSA) is 58.8 Å². The van der Waals surface area contributed by atoms with Crippen LogP contribution >= 0.6 is 27.3 Å². The smallest absolute Gasteiger partial charge is 0.295 e. The van der Waals surface area contributed by atoms with Crippen LogP contribution < -0.4 is 4.90 Å². The molecule has 0 spiro atoms. The maximum absolute atomic E-state index is 13.5. The van der Waals surface area contributed by atoms with Gasteiger partial charge in [0.1, 0.15) is 5.82 Å². The number of thiazole rings is 1. The van der Waals surface area contributed by atoms with Crippen molar-refractivity contribution in [3.05, 3.63) is 46.6 Å². The van der Waals surface area contributed by atoms with Crippen molar-refractivity contribution in [1.29, 1.82) is 0 Å². The molecule has 0 radical (unpaired) electrons. The maximum Gasteiger partial charge on any atom is 0.295 e. The van der Waals surface area contributed by atoms with Gasteiger partial charge >= 0.3 is 0 Å². The van der Waals surface area contributed by atoms with Crippen LogP contribution in [0.2, 0.25) is 0 Å². The molecule has 148 valence electrons. The zero-order valence-electron chi connectivity index (χ0n) is 15.1. The molecule has 1 aliphatic rings. The van der Waals surface area contributed by atoms with Crippen LogP contribution in [0.25, 0.3) is 10.2 Å². The molecule has 4 rings (SSSR count). The Labute approximate surface area is 174 Å². The molecule has 1 amide bonds. The second kappa shape index (κ2) is 8.69. The number of halogens is 2. The summed E-state index contributed by atoms with van der Waals surface area (Å²) in [7, 11) is 0. The Morgan fingerprint density at radius 1 is 1.29 bits per heavy atom. The van der Waals surface area contributed by atoms with Crippen molar-refractivity contribution in [2.45, 2.75) is 6.42 Å². The van der Waals surface area contributed by atoms with Gasteiger partial charge in [-0.25, -0.2) is 9.37 Å². The number of hydrogen-bond donors (Lipinski definition) is 0. The van der Waals surface area contributed by atoms with Gasteiger partial charge in [0.15, 0.2) is 15.6 Å². The van der Waals surface area contributed by atoms with Gasteiger partial charge in [-0.15, -0.1) is 0 Å². The standard InChI is InChI=1S/C19H19BrFN3O3S/c20-17-5-4-15(27-17)18(25)24(7-1-6-23-8-10-26-11-9-23)19-22-14-3-2-13(21)12-16(14)28-19/h2-5,12H,1,6-11H2. The van der Waals surface area contributed by atoms with Crippen molar-refractivity contribution in [2.24, 2.45) is 0 Å². The molecule has 6 nitrogen and oxygen atoms in total. The van der Waals surface area contributed by atoms with Gasteiger partial charge in [-0.3, -0.25) is 14.6 Å². The van der Waals surface area contributed by atoms with E-state index in [1.807, 2.05) is 0 Å². The van der Waals surface area contributed by atoms with Crippen molar-refractivity contribution >= 4 is 48.5 Å². The lowest BCUT2D eigenvalue weighted by molar-refractivity contribution is 0.0376. The number of rotatable bonds is 6. The van der Waals surface area contributed by atoms with E-state index in [0.717, 1.165) is 39.3 Å². The SMILES string of the molecule is O=C(c1ccc(Br)o1)N(CCCN1CCOCC1)c1nc2ccc(F)cc2s1. The Morgan fingerprint density at radius 2 is 2.11 bits per heavy atom. The maximum atomic E-state index is 13.5. The van der Waals surface area contributed by atoms with E-state index in [9.17, 15) is 9.18 Å². The van der Waals surface area contributed by atoms with Gasteiger partial charge in [0, 0.05) is 26.2 Å². The molecule has 3 heterocycles. The number of furan rings is 1. The number of morpholine rings is 1. The van der Waals surface area contributed by atoms with Crippen LogP contribution in [0.4, 0.5) is 9.52 Å². The normalized spacial score (nSPS) is 15.2. The highest BCUT2D eigenvalue weighted by Crippen LogP contribution is 2.31. The van der Waals surface area contributed by atoms with Gasteiger partial charge in [-0.2, -0.15) is 0 Å². The van der Waals surface area contributed by atoms with E-state index in [1.54, 1.807) is 23.1 Å². The van der Waals surface area contributed by atoms with Gasteiger partial charge in [0.25, 0.3) is 5.91 Å². The number of carbonyl (C=O) groups excluding carboxylic acids is 1. The Balaban J connectivity index is 1.55. The number of amides is 1. The number of fused-ring (bicyclic) bond motifs is 1. The van der Waals surface area contributed by atoms with E-state index in [4.69, 9.17) is 9.15 Å². The molecule has 3 aromatic rings. The minimum Gasteiger partial charge on any atom is -0.444 e. The summed E-state index contributed by atoms with van der Waals surface area (Å²) in [6.45, 7) is 4.66. The molecule has 1 aromatic carbocycles. The second-order valence-electron chi connectivity index (χ2n) is 6.48. The highest BCUT2D eigenvalue weighted by Gasteiger charge is 2.24. The fourth-order valence-electron chi connectivity index (χ4n) is 3.13.